The van der Waals surface area contributed by atoms with Crippen molar-refractivity contribution in [2.24, 2.45) is 0 Å². The lowest BCUT2D eigenvalue weighted by Gasteiger charge is -2.18. The van der Waals surface area contributed by atoms with E-state index in [0.29, 0.717) is 12.8 Å². The average Bonchev–Trinajstić information content (AvgIpc) is 3.41. The van der Waals surface area contributed by atoms with Crippen LogP contribution < -0.4 is 0 Å². The fraction of sp³-hybridized carbons (Fsp3) is 0.551. The van der Waals surface area contributed by atoms with E-state index in [1.165, 1.54) is 25.7 Å². The topological polar surface area (TPSA) is 78.9 Å². The molecule has 0 aromatic rings. The number of hydrogen-bond donors (Lipinski definition) is 0. The van der Waals surface area contributed by atoms with Gasteiger partial charge in [-0.3, -0.25) is 14.4 Å². The second-order valence-corrected chi connectivity index (χ2v) is 18.8. The van der Waals surface area contributed by atoms with Gasteiger partial charge in [0.25, 0.3) is 0 Å². The molecule has 0 aliphatic rings. The molecule has 0 N–H and O–H groups in total. The molecule has 0 bridgehead atoms. The molecule has 0 aliphatic heterocycles. The van der Waals surface area contributed by atoms with E-state index in [0.717, 1.165) is 154 Å². The van der Waals surface area contributed by atoms with Crippen molar-refractivity contribution in [3.63, 3.8) is 0 Å². The van der Waals surface area contributed by atoms with Crippen LogP contribution in [0.2, 0.25) is 0 Å². The minimum atomic E-state index is -0.830. The Kier molecular flexibility index (Phi) is 57.0. The van der Waals surface area contributed by atoms with Gasteiger partial charge in [-0.15, -0.1) is 0 Å². The third kappa shape index (κ3) is 59.5. The lowest BCUT2D eigenvalue weighted by Crippen LogP contribution is -2.30. The average molecular weight is 1030 g/mol. The van der Waals surface area contributed by atoms with Gasteiger partial charge in [0.1, 0.15) is 13.2 Å². The third-order valence-corrected chi connectivity index (χ3v) is 11.7. The molecule has 75 heavy (non-hydrogen) atoms. The van der Waals surface area contributed by atoms with Crippen LogP contribution in [0.15, 0.2) is 170 Å². The van der Waals surface area contributed by atoms with Gasteiger partial charge in [-0.2, -0.15) is 0 Å². The maximum atomic E-state index is 12.8. The first-order valence-electron chi connectivity index (χ1n) is 29.6. The summed E-state index contributed by atoms with van der Waals surface area (Å²) < 4.78 is 16.8. The molecule has 0 radical (unpaired) electrons. The number of allylic oxidation sites excluding steroid dienone is 28. The van der Waals surface area contributed by atoms with Crippen LogP contribution in [-0.4, -0.2) is 37.2 Å². The van der Waals surface area contributed by atoms with Gasteiger partial charge in [0.15, 0.2) is 6.10 Å². The van der Waals surface area contributed by atoms with E-state index in [1.54, 1.807) is 0 Å². The summed E-state index contributed by atoms with van der Waals surface area (Å²) in [4.78, 5) is 38.1. The first-order valence-corrected chi connectivity index (χ1v) is 29.6. The summed E-state index contributed by atoms with van der Waals surface area (Å²) in [6.45, 7) is 6.28. The lowest BCUT2D eigenvalue weighted by molar-refractivity contribution is -0.167. The number of ether oxygens (including phenoxy) is 3. The van der Waals surface area contributed by atoms with Crippen molar-refractivity contribution in [3.05, 3.63) is 170 Å². The van der Waals surface area contributed by atoms with Gasteiger partial charge in [0.05, 0.1) is 0 Å². The number of carbonyl (C=O) groups is 3. The third-order valence-electron chi connectivity index (χ3n) is 11.7. The monoisotopic (exact) mass is 1030 g/mol. The molecule has 0 aromatic carbocycles. The van der Waals surface area contributed by atoms with E-state index >= 15 is 0 Å². The van der Waals surface area contributed by atoms with Gasteiger partial charge in [0, 0.05) is 19.3 Å². The molecular weight excluding hydrogens is 925 g/mol. The summed E-state index contributed by atoms with van der Waals surface area (Å²) in [5.74, 6) is -1.04. The van der Waals surface area contributed by atoms with Crippen molar-refractivity contribution < 1.29 is 28.6 Å². The Hall–Kier alpha value is -5.23. The highest BCUT2D eigenvalue weighted by molar-refractivity contribution is 5.71. The summed E-state index contributed by atoms with van der Waals surface area (Å²) in [5, 5.41) is 0. The van der Waals surface area contributed by atoms with Gasteiger partial charge in [-0.05, 0) is 148 Å². The fourth-order valence-corrected chi connectivity index (χ4v) is 7.31. The molecule has 0 heterocycles. The van der Waals surface area contributed by atoms with Crippen LogP contribution in [0.4, 0.5) is 0 Å². The zero-order valence-electron chi connectivity index (χ0n) is 47.7. The largest absolute Gasteiger partial charge is 0.462 e. The summed E-state index contributed by atoms with van der Waals surface area (Å²) in [6.07, 6.45) is 90.7. The van der Waals surface area contributed by atoms with Crippen molar-refractivity contribution in [1.29, 1.82) is 0 Å². The molecule has 6 nitrogen and oxygen atoms in total. The molecule has 0 aliphatic carbocycles. The fourth-order valence-electron chi connectivity index (χ4n) is 7.31. The Morgan fingerprint density at radius 1 is 0.280 bits per heavy atom. The summed E-state index contributed by atoms with van der Waals surface area (Å²) in [6, 6.07) is 0. The number of rotatable bonds is 51. The van der Waals surface area contributed by atoms with Gasteiger partial charge >= 0.3 is 17.9 Å². The Morgan fingerprint density at radius 3 is 0.880 bits per heavy atom. The van der Waals surface area contributed by atoms with E-state index < -0.39 is 6.10 Å². The van der Waals surface area contributed by atoms with E-state index in [-0.39, 0.29) is 44.0 Å². The minimum Gasteiger partial charge on any atom is -0.462 e. The van der Waals surface area contributed by atoms with Crippen LogP contribution >= 0.6 is 0 Å². The van der Waals surface area contributed by atoms with Crippen LogP contribution in [0.5, 0.6) is 0 Å². The zero-order chi connectivity index (χ0) is 54.3. The highest BCUT2D eigenvalue weighted by atomic mass is 16.6. The minimum absolute atomic E-state index is 0.125. The number of esters is 3. The molecule has 418 valence electrons. The molecule has 1 atom stereocenters. The van der Waals surface area contributed by atoms with Crippen molar-refractivity contribution in [3.8, 4) is 0 Å². The molecule has 0 fully saturated rings. The molecule has 0 amide bonds. The van der Waals surface area contributed by atoms with Crippen LogP contribution in [0.3, 0.4) is 0 Å². The predicted molar refractivity (Wildman–Crippen MR) is 325 cm³/mol. The van der Waals surface area contributed by atoms with Crippen molar-refractivity contribution in [2.45, 2.75) is 232 Å². The quantitative estimate of drug-likeness (QED) is 0.0261. The number of unbranched alkanes of at least 4 members (excludes halogenated alkanes) is 12. The smallest absolute Gasteiger partial charge is 0.306 e. The van der Waals surface area contributed by atoms with Crippen molar-refractivity contribution in [1.82, 2.24) is 0 Å². The van der Waals surface area contributed by atoms with Crippen LogP contribution in [0.25, 0.3) is 0 Å². The van der Waals surface area contributed by atoms with Gasteiger partial charge in [0.2, 0.25) is 0 Å². The SMILES string of the molecule is CC/C=C\C/C=C\C/C=C\C/C=C\C/C=C\C/C=C\C/C=C\C/C=C\C/C=C\CCCC(=O)OCC(COC(=O)CCCCC/C=C\C/C=C\C/C=C\CC)OC(=O)CCCCCCC/C=C\C/C=C\CCCCC. The standard InChI is InChI=1S/C69H106O6/c1-4-7-10-13-16-19-22-25-27-28-29-30-31-32-33-34-35-36-37-38-39-40-42-44-47-50-53-56-59-62-68(71)74-65-66(64-73-67(70)61-58-55-52-49-46-43-24-21-18-15-12-9-6-3)75-69(72)63-60-57-54-51-48-45-41-26-23-20-17-14-11-8-5-2/h7,9-10,12,16-21,25-27,29-30,32-33,35-36,38-39,41-44,46,50,53,66H,4-6,8,11,13-15,22-24,28,31,34,37,40,45,47-49,51-52,54-65H2,1-3H3/b10-7-,12-9-,19-16-,20-17-,21-18-,27-25-,30-29-,33-32-,36-35-,39-38-,41-26-,44-42-,46-43-,53-50-. The van der Waals surface area contributed by atoms with Crippen molar-refractivity contribution >= 4 is 17.9 Å². The lowest BCUT2D eigenvalue weighted by atomic mass is 10.1. The first-order chi connectivity index (χ1) is 37.0. The second kappa shape index (κ2) is 61.3. The Bertz CT molecular complexity index is 1750. The Labute approximate surface area is 460 Å². The Morgan fingerprint density at radius 2 is 0.533 bits per heavy atom. The number of carbonyl (C=O) groups excluding carboxylic acids is 3. The highest BCUT2D eigenvalue weighted by Crippen LogP contribution is 2.12. The number of hydrogen-bond acceptors (Lipinski definition) is 6. The highest BCUT2D eigenvalue weighted by Gasteiger charge is 2.19. The Balaban J connectivity index is 4.49. The molecule has 0 aromatic heterocycles. The van der Waals surface area contributed by atoms with Gasteiger partial charge in [-0.1, -0.05) is 229 Å². The second-order valence-electron chi connectivity index (χ2n) is 18.8. The van der Waals surface area contributed by atoms with E-state index in [2.05, 4.69) is 191 Å². The van der Waals surface area contributed by atoms with Crippen molar-refractivity contribution in [2.75, 3.05) is 13.2 Å². The van der Waals surface area contributed by atoms with Crippen LogP contribution in [0.1, 0.15) is 226 Å². The maximum Gasteiger partial charge on any atom is 0.306 e. The van der Waals surface area contributed by atoms with E-state index in [9.17, 15) is 14.4 Å². The summed E-state index contributed by atoms with van der Waals surface area (Å²) in [7, 11) is 0. The molecule has 0 spiro atoms. The maximum absolute atomic E-state index is 12.8. The van der Waals surface area contributed by atoms with Crippen LogP contribution in [-0.2, 0) is 28.6 Å². The molecule has 0 saturated carbocycles. The molecule has 0 rings (SSSR count). The molecule has 6 heteroatoms. The summed E-state index contributed by atoms with van der Waals surface area (Å²) in [5.41, 5.74) is 0. The summed E-state index contributed by atoms with van der Waals surface area (Å²) >= 11 is 0. The van der Waals surface area contributed by atoms with Gasteiger partial charge in [-0.25, -0.2) is 0 Å². The van der Waals surface area contributed by atoms with E-state index in [1.807, 2.05) is 0 Å². The van der Waals surface area contributed by atoms with Gasteiger partial charge < -0.3 is 14.2 Å². The molecule has 0 saturated heterocycles. The normalized spacial score (nSPS) is 13.4. The van der Waals surface area contributed by atoms with Crippen LogP contribution in [0, 0.1) is 0 Å². The predicted octanol–water partition coefficient (Wildman–Crippen LogP) is 20.3. The first kappa shape index (κ1) is 69.8. The zero-order valence-corrected chi connectivity index (χ0v) is 47.7. The molecule has 1 unspecified atom stereocenters. The van der Waals surface area contributed by atoms with E-state index in [4.69, 9.17) is 14.2 Å². The molecular formula is C69H106O6.